The Balaban J connectivity index is 1.91. The zero-order valence-corrected chi connectivity index (χ0v) is 14.8. The smallest absolute Gasteiger partial charge is 0.235 e. The number of nitrogens with zero attached hydrogens (tertiary/aromatic N) is 2. The lowest BCUT2D eigenvalue weighted by molar-refractivity contribution is 0.600. The van der Waals surface area contributed by atoms with Gasteiger partial charge in [0, 0.05) is 36.3 Å². The Labute approximate surface area is 147 Å². The fraction of sp³-hybridized carbons (Fsp3) is 0.222. The van der Waals surface area contributed by atoms with Gasteiger partial charge in [0.05, 0.1) is 5.25 Å². The van der Waals surface area contributed by atoms with Gasteiger partial charge in [-0.25, -0.2) is 8.42 Å². The van der Waals surface area contributed by atoms with Crippen molar-refractivity contribution < 1.29 is 8.42 Å². The molecule has 2 N–H and O–H groups in total. The predicted octanol–water partition coefficient (Wildman–Crippen LogP) is 3.21. The summed E-state index contributed by atoms with van der Waals surface area (Å²) in [7, 11) is -1.43. The van der Waals surface area contributed by atoms with Crippen LogP contribution in [0.15, 0.2) is 49.2 Å². The molecule has 130 valence electrons. The Morgan fingerprint density at radius 1 is 1.36 bits per heavy atom. The summed E-state index contributed by atoms with van der Waals surface area (Å²) in [5.41, 5.74) is 3.85. The highest BCUT2D eigenvalue weighted by Gasteiger charge is 2.35. The number of benzene rings is 1. The van der Waals surface area contributed by atoms with Crippen molar-refractivity contribution in [1.29, 1.82) is 5.41 Å². The Bertz CT molecular complexity index is 936. The molecular weight excluding hydrogens is 336 g/mol. The molecule has 0 aliphatic heterocycles. The number of nitrogens with one attached hydrogen (secondary N) is 2. The second-order valence-corrected chi connectivity index (χ2v) is 7.94. The van der Waals surface area contributed by atoms with Crippen LogP contribution in [-0.4, -0.2) is 29.7 Å². The number of sulfonamides is 1. The zero-order chi connectivity index (χ0) is 18.0. The number of rotatable bonds is 7. The lowest BCUT2D eigenvalue weighted by atomic mass is 10.0. The highest BCUT2D eigenvalue weighted by atomic mass is 32.2. The molecular formula is C18H20N4O2S. The van der Waals surface area contributed by atoms with Crippen molar-refractivity contribution in [2.75, 3.05) is 4.72 Å². The Kier molecular flexibility index (Phi) is 4.59. The number of anilines is 1. The van der Waals surface area contributed by atoms with Gasteiger partial charge in [0.2, 0.25) is 10.0 Å². The minimum Gasteiger partial charge on any atom is -0.309 e. The standard InChI is InChI=1S/C18H20N4O2S/c1-3-13(10-11-19)18-17(12-22(2)20-18)14-4-6-15(7-5-14)21-25(23,24)16-8-9-16/h3-7,10-12,16,19,21H,1,8-9H2,2H3. The minimum atomic E-state index is -3.26. The van der Waals surface area contributed by atoms with Crippen LogP contribution in [0.5, 0.6) is 0 Å². The third kappa shape index (κ3) is 3.71. The molecule has 0 spiro atoms. The summed E-state index contributed by atoms with van der Waals surface area (Å²) >= 11 is 0. The number of hydrogen-bond acceptors (Lipinski definition) is 4. The van der Waals surface area contributed by atoms with Crippen LogP contribution in [0.25, 0.3) is 16.7 Å². The van der Waals surface area contributed by atoms with Gasteiger partial charge in [0.1, 0.15) is 5.69 Å². The molecule has 0 radical (unpaired) electrons. The fourth-order valence-corrected chi connectivity index (χ4v) is 3.98. The van der Waals surface area contributed by atoms with Gasteiger partial charge in [-0.2, -0.15) is 5.10 Å². The minimum absolute atomic E-state index is 0.251. The van der Waals surface area contributed by atoms with Gasteiger partial charge in [-0.3, -0.25) is 9.40 Å². The SMILES string of the molecule is C=CC(=CC=N)c1nn(C)cc1-c1ccc(NS(=O)(=O)C2CC2)cc1. The van der Waals surface area contributed by atoms with Crippen LogP contribution in [0.3, 0.4) is 0 Å². The van der Waals surface area contributed by atoms with E-state index in [-0.39, 0.29) is 5.25 Å². The van der Waals surface area contributed by atoms with E-state index in [9.17, 15) is 8.42 Å². The van der Waals surface area contributed by atoms with E-state index in [1.54, 1.807) is 29.0 Å². The lowest BCUT2D eigenvalue weighted by Crippen LogP contribution is -2.17. The molecule has 1 fully saturated rings. The van der Waals surface area contributed by atoms with E-state index in [4.69, 9.17) is 5.41 Å². The second-order valence-electron chi connectivity index (χ2n) is 5.98. The summed E-state index contributed by atoms with van der Waals surface area (Å²) in [6, 6.07) is 7.21. The van der Waals surface area contributed by atoms with Crippen molar-refractivity contribution in [3.63, 3.8) is 0 Å². The molecule has 0 unspecified atom stereocenters. The van der Waals surface area contributed by atoms with Crippen molar-refractivity contribution in [3.05, 3.63) is 54.9 Å². The average Bonchev–Trinajstić information content (AvgIpc) is 3.37. The Morgan fingerprint density at radius 3 is 2.60 bits per heavy atom. The quantitative estimate of drug-likeness (QED) is 0.590. The van der Waals surface area contributed by atoms with Crippen molar-refractivity contribution in [2.24, 2.45) is 7.05 Å². The maximum atomic E-state index is 12.0. The van der Waals surface area contributed by atoms with Gasteiger partial charge in [0.15, 0.2) is 0 Å². The Hall–Kier alpha value is -2.67. The molecule has 7 heteroatoms. The molecule has 25 heavy (non-hydrogen) atoms. The largest absolute Gasteiger partial charge is 0.309 e. The zero-order valence-electron chi connectivity index (χ0n) is 13.9. The van der Waals surface area contributed by atoms with Crippen LogP contribution >= 0.6 is 0 Å². The van der Waals surface area contributed by atoms with Crippen molar-refractivity contribution >= 4 is 27.5 Å². The third-order valence-corrected chi connectivity index (χ3v) is 5.87. The number of aromatic nitrogens is 2. The summed E-state index contributed by atoms with van der Waals surface area (Å²) in [5.74, 6) is 0. The molecule has 1 aromatic carbocycles. The van der Waals surface area contributed by atoms with Gasteiger partial charge in [-0.05, 0) is 36.6 Å². The third-order valence-electron chi connectivity index (χ3n) is 4.00. The first-order chi connectivity index (χ1) is 11.9. The van der Waals surface area contributed by atoms with Gasteiger partial charge in [-0.15, -0.1) is 0 Å². The van der Waals surface area contributed by atoms with Crippen LogP contribution in [-0.2, 0) is 17.1 Å². The van der Waals surface area contributed by atoms with E-state index in [1.165, 1.54) is 6.21 Å². The van der Waals surface area contributed by atoms with Crippen molar-refractivity contribution in [2.45, 2.75) is 18.1 Å². The van der Waals surface area contributed by atoms with E-state index in [1.807, 2.05) is 25.4 Å². The van der Waals surface area contributed by atoms with Crippen molar-refractivity contribution in [3.8, 4) is 11.1 Å². The van der Waals surface area contributed by atoms with Crippen molar-refractivity contribution in [1.82, 2.24) is 9.78 Å². The first-order valence-electron chi connectivity index (χ1n) is 7.94. The summed E-state index contributed by atoms with van der Waals surface area (Å²) < 4.78 is 28.4. The Morgan fingerprint density at radius 2 is 2.04 bits per heavy atom. The molecule has 2 aromatic rings. The number of aryl methyl sites for hydroxylation is 1. The molecule has 0 amide bonds. The molecule has 1 heterocycles. The molecule has 0 bridgehead atoms. The lowest BCUT2D eigenvalue weighted by Gasteiger charge is -2.08. The average molecular weight is 356 g/mol. The molecule has 0 saturated heterocycles. The normalized spacial score (nSPS) is 15.0. The topological polar surface area (TPSA) is 87.8 Å². The monoisotopic (exact) mass is 356 g/mol. The number of hydrogen-bond donors (Lipinski definition) is 2. The van der Waals surface area contributed by atoms with Gasteiger partial charge in [-0.1, -0.05) is 24.8 Å². The maximum Gasteiger partial charge on any atom is 0.235 e. The molecule has 1 aliphatic rings. The summed E-state index contributed by atoms with van der Waals surface area (Å²) in [6.45, 7) is 3.78. The van der Waals surface area contributed by atoms with E-state index >= 15 is 0 Å². The maximum absolute atomic E-state index is 12.0. The van der Waals surface area contributed by atoms with Gasteiger partial charge < -0.3 is 5.41 Å². The van der Waals surface area contributed by atoms with E-state index < -0.39 is 10.0 Å². The van der Waals surface area contributed by atoms with Crippen LogP contribution in [0.4, 0.5) is 5.69 Å². The second kappa shape index (κ2) is 6.68. The van der Waals surface area contributed by atoms with Crippen LogP contribution in [0, 0.1) is 5.41 Å². The molecule has 1 saturated carbocycles. The van der Waals surface area contributed by atoms with Gasteiger partial charge >= 0.3 is 0 Å². The first-order valence-corrected chi connectivity index (χ1v) is 9.48. The predicted molar refractivity (Wildman–Crippen MR) is 101 cm³/mol. The molecule has 1 aromatic heterocycles. The summed E-state index contributed by atoms with van der Waals surface area (Å²) in [6.07, 6.45) is 7.85. The van der Waals surface area contributed by atoms with Gasteiger partial charge in [0.25, 0.3) is 0 Å². The van der Waals surface area contributed by atoms with E-state index in [0.717, 1.165) is 35.2 Å². The highest BCUT2D eigenvalue weighted by Crippen LogP contribution is 2.32. The summed E-state index contributed by atoms with van der Waals surface area (Å²) in [5, 5.41) is 11.5. The fourth-order valence-electron chi connectivity index (χ4n) is 2.59. The molecule has 3 rings (SSSR count). The number of allylic oxidation sites excluding steroid dienone is 3. The molecule has 0 atom stereocenters. The highest BCUT2D eigenvalue weighted by molar-refractivity contribution is 7.93. The molecule has 1 aliphatic carbocycles. The first kappa shape index (κ1) is 17.2. The molecule has 6 nitrogen and oxygen atoms in total. The van der Waals surface area contributed by atoms with Crippen LogP contribution in [0.1, 0.15) is 18.5 Å². The van der Waals surface area contributed by atoms with Crippen LogP contribution in [0.2, 0.25) is 0 Å². The van der Waals surface area contributed by atoms with Crippen LogP contribution < -0.4 is 4.72 Å². The summed E-state index contributed by atoms with van der Waals surface area (Å²) in [4.78, 5) is 0. The van der Waals surface area contributed by atoms with E-state index in [0.29, 0.717) is 5.69 Å². The van der Waals surface area contributed by atoms with E-state index in [2.05, 4.69) is 16.4 Å².